The average Bonchev–Trinajstić information content (AvgIpc) is 2.69. The van der Waals surface area contributed by atoms with E-state index < -0.39 is 6.04 Å². The molecule has 6 nitrogen and oxygen atoms in total. The number of nitrogens with one attached hydrogen (secondary N) is 2. The Morgan fingerprint density at radius 3 is 2.11 bits per heavy atom. The van der Waals surface area contributed by atoms with Gasteiger partial charge in [-0.2, -0.15) is 0 Å². The number of rotatable bonds is 4. The van der Waals surface area contributed by atoms with Crippen molar-refractivity contribution in [2.45, 2.75) is 64.8 Å². The Labute approximate surface area is 167 Å². The van der Waals surface area contributed by atoms with Crippen LogP contribution in [0.3, 0.4) is 0 Å². The van der Waals surface area contributed by atoms with Crippen LogP contribution < -0.4 is 10.6 Å². The Hall–Kier alpha value is -2.37. The largest absolute Gasteiger partial charge is 0.330 e. The number of amides is 3. The van der Waals surface area contributed by atoms with Crippen molar-refractivity contribution in [3.8, 4) is 0 Å². The van der Waals surface area contributed by atoms with Crippen molar-refractivity contribution in [2.24, 2.45) is 11.8 Å². The van der Waals surface area contributed by atoms with Crippen LogP contribution in [0.4, 0.5) is 11.4 Å². The Morgan fingerprint density at radius 2 is 1.50 bits per heavy atom. The fourth-order valence-corrected chi connectivity index (χ4v) is 4.28. The number of nitrogens with zero attached hydrogens (tertiary/aromatic N) is 1. The minimum absolute atomic E-state index is 0.0709. The lowest BCUT2D eigenvalue weighted by molar-refractivity contribution is -0.144. The maximum atomic E-state index is 13.1. The number of anilines is 2. The van der Waals surface area contributed by atoms with Gasteiger partial charge in [0.2, 0.25) is 17.7 Å². The van der Waals surface area contributed by atoms with E-state index in [9.17, 15) is 14.4 Å². The summed E-state index contributed by atoms with van der Waals surface area (Å²) in [7, 11) is 0. The van der Waals surface area contributed by atoms with Crippen LogP contribution in [0.5, 0.6) is 0 Å². The normalized spacial score (nSPS) is 25.1. The van der Waals surface area contributed by atoms with E-state index in [4.69, 9.17) is 0 Å². The van der Waals surface area contributed by atoms with Gasteiger partial charge in [-0.15, -0.1) is 0 Å². The minimum atomic E-state index is -0.393. The summed E-state index contributed by atoms with van der Waals surface area (Å²) >= 11 is 0. The van der Waals surface area contributed by atoms with Gasteiger partial charge in [-0.05, 0) is 75.1 Å². The quantitative estimate of drug-likeness (QED) is 0.828. The zero-order valence-corrected chi connectivity index (χ0v) is 16.9. The molecule has 0 aromatic heterocycles. The summed E-state index contributed by atoms with van der Waals surface area (Å²) in [6, 6.07) is 6.64. The molecule has 1 heterocycles. The summed E-state index contributed by atoms with van der Waals surface area (Å²) in [6.45, 7) is 4.37. The van der Waals surface area contributed by atoms with Crippen LogP contribution in [-0.2, 0) is 14.4 Å². The van der Waals surface area contributed by atoms with Gasteiger partial charge in [-0.25, -0.2) is 0 Å². The first-order chi connectivity index (χ1) is 13.4. The third kappa shape index (κ3) is 5.12. The molecule has 3 rings (SSSR count). The van der Waals surface area contributed by atoms with E-state index in [2.05, 4.69) is 17.6 Å². The van der Waals surface area contributed by atoms with Crippen LogP contribution in [0.2, 0.25) is 0 Å². The number of benzene rings is 1. The third-order valence-electron chi connectivity index (χ3n) is 5.93. The first-order valence-electron chi connectivity index (χ1n) is 10.4. The van der Waals surface area contributed by atoms with Crippen molar-refractivity contribution in [3.05, 3.63) is 24.3 Å². The molecule has 1 atom stereocenters. The van der Waals surface area contributed by atoms with Crippen molar-refractivity contribution < 1.29 is 14.4 Å². The van der Waals surface area contributed by atoms with Gasteiger partial charge in [-0.1, -0.05) is 6.92 Å². The SMILES string of the molecule is CC(=O)Nc1ccc(NC(=O)[C@H]2CCCCN2C(=O)C2CCC(C)CC2)cc1. The van der Waals surface area contributed by atoms with Gasteiger partial charge in [0, 0.05) is 30.8 Å². The summed E-state index contributed by atoms with van der Waals surface area (Å²) in [4.78, 5) is 38.9. The molecule has 28 heavy (non-hydrogen) atoms. The molecule has 1 aromatic carbocycles. The third-order valence-corrected chi connectivity index (χ3v) is 5.93. The highest BCUT2D eigenvalue weighted by atomic mass is 16.2. The molecular formula is C22H31N3O3. The standard InChI is InChI=1S/C22H31N3O3/c1-15-6-8-17(9-7-15)22(28)25-14-4-3-5-20(25)21(27)24-19-12-10-18(11-13-19)23-16(2)26/h10-13,15,17,20H,3-9,14H2,1-2H3,(H,23,26)(H,24,27)/t15?,17?,20-/m1/s1. The lowest BCUT2D eigenvalue weighted by Crippen LogP contribution is -2.52. The lowest BCUT2D eigenvalue weighted by atomic mass is 9.81. The van der Waals surface area contributed by atoms with Crippen LogP contribution in [0.25, 0.3) is 0 Å². The zero-order chi connectivity index (χ0) is 20.1. The number of hydrogen-bond donors (Lipinski definition) is 2. The molecule has 1 aromatic rings. The first-order valence-corrected chi connectivity index (χ1v) is 10.4. The van der Waals surface area contributed by atoms with E-state index in [1.165, 1.54) is 6.92 Å². The van der Waals surface area contributed by atoms with Gasteiger partial charge >= 0.3 is 0 Å². The van der Waals surface area contributed by atoms with E-state index in [-0.39, 0.29) is 23.6 Å². The molecule has 1 saturated carbocycles. The molecule has 0 spiro atoms. The molecule has 0 bridgehead atoms. The summed E-state index contributed by atoms with van der Waals surface area (Å²) in [6.07, 6.45) is 6.72. The highest BCUT2D eigenvalue weighted by Crippen LogP contribution is 2.31. The number of carbonyl (C=O) groups excluding carboxylic acids is 3. The molecule has 152 valence electrons. The fourth-order valence-electron chi connectivity index (χ4n) is 4.28. The molecule has 6 heteroatoms. The van der Waals surface area contributed by atoms with Gasteiger partial charge in [0.1, 0.15) is 6.04 Å². The first kappa shape index (κ1) is 20.4. The summed E-state index contributed by atoms with van der Waals surface area (Å²) in [5.41, 5.74) is 1.36. The molecule has 0 unspecified atom stereocenters. The fraction of sp³-hybridized carbons (Fsp3) is 0.591. The highest BCUT2D eigenvalue weighted by molar-refractivity contribution is 5.98. The molecule has 1 saturated heterocycles. The summed E-state index contributed by atoms with van der Waals surface area (Å²) in [5.74, 6) is 0.675. The number of carbonyl (C=O) groups is 3. The second-order valence-corrected chi connectivity index (χ2v) is 8.25. The Bertz CT molecular complexity index is 708. The lowest BCUT2D eigenvalue weighted by Gasteiger charge is -2.38. The number of piperidine rings is 1. The van der Waals surface area contributed by atoms with E-state index in [1.54, 1.807) is 24.3 Å². The van der Waals surface area contributed by atoms with Crippen molar-refractivity contribution in [1.82, 2.24) is 4.90 Å². The van der Waals surface area contributed by atoms with Crippen molar-refractivity contribution in [1.29, 1.82) is 0 Å². The molecule has 1 aliphatic carbocycles. The molecule has 2 N–H and O–H groups in total. The Balaban J connectivity index is 1.63. The molecule has 0 radical (unpaired) electrons. The number of hydrogen-bond acceptors (Lipinski definition) is 3. The van der Waals surface area contributed by atoms with Crippen LogP contribution in [0.1, 0.15) is 58.8 Å². The number of likely N-dealkylation sites (tertiary alicyclic amines) is 1. The molecule has 1 aliphatic heterocycles. The van der Waals surface area contributed by atoms with Gasteiger partial charge in [0.05, 0.1) is 0 Å². The van der Waals surface area contributed by atoms with E-state index in [1.807, 2.05) is 4.90 Å². The second kappa shape index (κ2) is 9.22. The Morgan fingerprint density at radius 1 is 0.893 bits per heavy atom. The van der Waals surface area contributed by atoms with Gasteiger partial charge in [0.15, 0.2) is 0 Å². The topological polar surface area (TPSA) is 78.5 Å². The van der Waals surface area contributed by atoms with Gasteiger partial charge < -0.3 is 15.5 Å². The van der Waals surface area contributed by atoms with E-state index in [0.717, 1.165) is 38.5 Å². The van der Waals surface area contributed by atoms with Crippen LogP contribution in [0.15, 0.2) is 24.3 Å². The van der Waals surface area contributed by atoms with E-state index >= 15 is 0 Å². The van der Waals surface area contributed by atoms with Gasteiger partial charge in [-0.3, -0.25) is 14.4 Å². The predicted octanol–water partition coefficient (Wildman–Crippen LogP) is 3.79. The average molecular weight is 386 g/mol. The Kier molecular flexibility index (Phi) is 6.70. The maximum Gasteiger partial charge on any atom is 0.247 e. The van der Waals surface area contributed by atoms with Crippen LogP contribution in [0, 0.1) is 11.8 Å². The molecule has 3 amide bonds. The second-order valence-electron chi connectivity index (χ2n) is 8.25. The molecule has 2 fully saturated rings. The maximum absolute atomic E-state index is 13.1. The van der Waals surface area contributed by atoms with E-state index in [0.29, 0.717) is 30.3 Å². The highest BCUT2D eigenvalue weighted by Gasteiger charge is 2.36. The zero-order valence-electron chi connectivity index (χ0n) is 16.9. The molecule has 2 aliphatic rings. The predicted molar refractivity (Wildman–Crippen MR) is 110 cm³/mol. The van der Waals surface area contributed by atoms with Crippen LogP contribution >= 0.6 is 0 Å². The summed E-state index contributed by atoms with van der Waals surface area (Å²) < 4.78 is 0. The molecular weight excluding hydrogens is 354 g/mol. The summed E-state index contributed by atoms with van der Waals surface area (Å²) in [5, 5.41) is 5.65. The monoisotopic (exact) mass is 385 g/mol. The van der Waals surface area contributed by atoms with Gasteiger partial charge in [0.25, 0.3) is 0 Å². The van der Waals surface area contributed by atoms with Crippen molar-refractivity contribution >= 4 is 29.1 Å². The van der Waals surface area contributed by atoms with Crippen molar-refractivity contribution in [3.63, 3.8) is 0 Å². The smallest absolute Gasteiger partial charge is 0.247 e. The minimum Gasteiger partial charge on any atom is -0.330 e. The van der Waals surface area contributed by atoms with Crippen LogP contribution in [-0.4, -0.2) is 35.2 Å². The van der Waals surface area contributed by atoms with Crippen molar-refractivity contribution in [2.75, 3.05) is 17.2 Å².